The lowest BCUT2D eigenvalue weighted by atomic mass is 10.1. The minimum atomic E-state index is 0.318. The van der Waals surface area contributed by atoms with Crippen molar-refractivity contribution in [2.24, 2.45) is 0 Å². The Morgan fingerprint density at radius 2 is 1.88 bits per heavy atom. The van der Waals surface area contributed by atoms with Crippen LogP contribution in [0.15, 0.2) is 53.3 Å². The molecule has 0 bridgehead atoms. The summed E-state index contributed by atoms with van der Waals surface area (Å²) in [6.45, 7) is 3.02. The van der Waals surface area contributed by atoms with Crippen molar-refractivity contribution < 1.29 is 0 Å². The van der Waals surface area contributed by atoms with E-state index >= 15 is 0 Å². The zero-order chi connectivity index (χ0) is 12.1. The van der Waals surface area contributed by atoms with Crippen molar-refractivity contribution in [3.05, 3.63) is 64.4 Å². The Labute approximate surface area is 110 Å². The third kappa shape index (κ3) is 3.38. The van der Waals surface area contributed by atoms with Gasteiger partial charge in [0.05, 0.1) is 0 Å². The molecule has 0 aliphatic rings. The lowest BCUT2D eigenvalue weighted by molar-refractivity contribution is 0.572. The summed E-state index contributed by atoms with van der Waals surface area (Å²) in [6, 6.07) is 12.7. The second kappa shape index (κ2) is 5.94. The molecule has 0 fully saturated rings. The quantitative estimate of drug-likeness (QED) is 0.929. The molecule has 1 heterocycles. The van der Waals surface area contributed by atoms with Gasteiger partial charge in [-0.3, -0.25) is 4.98 Å². The largest absolute Gasteiger partial charge is 0.306 e. The molecule has 0 saturated carbocycles. The fourth-order valence-electron chi connectivity index (χ4n) is 1.71. The number of hydrogen-bond donors (Lipinski definition) is 1. The Balaban J connectivity index is 1.99. The van der Waals surface area contributed by atoms with Gasteiger partial charge >= 0.3 is 0 Å². The molecule has 1 atom stereocenters. The molecule has 0 spiro atoms. The van der Waals surface area contributed by atoms with Gasteiger partial charge in [-0.15, -0.1) is 0 Å². The standard InChI is InChI=1S/C14H15BrN2/c1-11(13-4-2-3-5-14(13)15)17-10-12-6-8-16-9-7-12/h2-9,11,17H,10H2,1H3. The van der Waals surface area contributed by atoms with Gasteiger partial charge in [0.25, 0.3) is 0 Å². The summed E-state index contributed by atoms with van der Waals surface area (Å²) in [5.41, 5.74) is 2.53. The van der Waals surface area contributed by atoms with Crippen LogP contribution in [0, 0.1) is 0 Å². The highest BCUT2D eigenvalue weighted by atomic mass is 79.9. The van der Waals surface area contributed by atoms with Gasteiger partial charge in [-0.1, -0.05) is 34.1 Å². The monoisotopic (exact) mass is 290 g/mol. The topological polar surface area (TPSA) is 24.9 Å². The molecule has 0 radical (unpaired) electrons. The molecular weight excluding hydrogens is 276 g/mol. The van der Waals surface area contributed by atoms with E-state index in [0.717, 1.165) is 11.0 Å². The van der Waals surface area contributed by atoms with E-state index in [4.69, 9.17) is 0 Å². The molecule has 2 rings (SSSR count). The fraction of sp³-hybridized carbons (Fsp3) is 0.214. The zero-order valence-corrected chi connectivity index (χ0v) is 11.3. The molecule has 1 aromatic carbocycles. The predicted octanol–water partition coefficient (Wildman–Crippen LogP) is 3.69. The van der Waals surface area contributed by atoms with Gasteiger partial charge in [0, 0.05) is 29.5 Å². The summed E-state index contributed by atoms with van der Waals surface area (Å²) >= 11 is 3.57. The second-order valence-electron chi connectivity index (χ2n) is 3.98. The van der Waals surface area contributed by atoms with Crippen LogP contribution in [0.2, 0.25) is 0 Å². The Morgan fingerprint density at radius 3 is 2.59 bits per heavy atom. The number of aromatic nitrogens is 1. The van der Waals surface area contributed by atoms with Gasteiger partial charge in [0.1, 0.15) is 0 Å². The van der Waals surface area contributed by atoms with Crippen LogP contribution in [0.3, 0.4) is 0 Å². The van der Waals surface area contributed by atoms with E-state index in [2.05, 4.69) is 51.4 Å². The van der Waals surface area contributed by atoms with Crippen LogP contribution < -0.4 is 5.32 Å². The van der Waals surface area contributed by atoms with Crippen LogP contribution >= 0.6 is 15.9 Å². The van der Waals surface area contributed by atoms with Gasteiger partial charge in [0.2, 0.25) is 0 Å². The van der Waals surface area contributed by atoms with Crippen molar-refractivity contribution in [1.82, 2.24) is 10.3 Å². The van der Waals surface area contributed by atoms with Crippen LogP contribution in [0.1, 0.15) is 24.1 Å². The van der Waals surface area contributed by atoms with Gasteiger partial charge in [-0.2, -0.15) is 0 Å². The van der Waals surface area contributed by atoms with Crippen molar-refractivity contribution in [2.75, 3.05) is 0 Å². The third-order valence-electron chi connectivity index (χ3n) is 2.73. The number of hydrogen-bond acceptors (Lipinski definition) is 2. The Kier molecular flexibility index (Phi) is 4.29. The predicted molar refractivity (Wildman–Crippen MR) is 73.6 cm³/mol. The molecule has 17 heavy (non-hydrogen) atoms. The van der Waals surface area contributed by atoms with E-state index in [-0.39, 0.29) is 0 Å². The number of halogens is 1. The number of benzene rings is 1. The van der Waals surface area contributed by atoms with E-state index in [1.807, 2.05) is 30.6 Å². The van der Waals surface area contributed by atoms with E-state index in [1.54, 1.807) is 0 Å². The van der Waals surface area contributed by atoms with Crippen molar-refractivity contribution in [1.29, 1.82) is 0 Å². The van der Waals surface area contributed by atoms with E-state index in [9.17, 15) is 0 Å². The van der Waals surface area contributed by atoms with Gasteiger partial charge < -0.3 is 5.32 Å². The molecule has 2 aromatic rings. The first kappa shape index (κ1) is 12.3. The highest BCUT2D eigenvalue weighted by molar-refractivity contribution is 9.10. The maximum atomic E-state index is 4.01. The first-order valence-corrected chi connectivity index (χ1v) is 6.43. The summed E-state index contributed by atoms with van der Waals surface area (Å²) in [6.07, 6.45) is 3.64. The third-order valence-corrected chi connectivity index (χ3v) is 3.46. The Morgan fingerprint density at radius 1 is 1.18 bits per heavy atom. The van der Waals surface area contributed by atoms with Crippen LogP contribution in [0.4, 0.5) is 0 Å². The van der Waals surface area contributed by atoms with Crippen LogP contribution in [0.25, 0.3) is 0 Å². The van der Waals surface area contributed by atoms with E-state index in [1.165, 1.54) is 11.1 Å². The number of rotatable bonds is 4. The summed E-state index contributed by atoms with van der Waals surface area (Å²) < 4.78 is 1.15. The molecule has 88 valence electrons. The summed E-state index contributed by atoms with van der Waals surface area (Å²) in [5, 5.41) is 3.50. The van der Waals surface area contributed by atoms with Crippen molar-refractivity contribution >= 4 is 15.9 Å². The van der Waals surface area contributed by atoms with Crippen LogP contribution in [0.5, 0.6) is 0 Å². The molecule has 1 aromatic heterocycles. The fourth-order valence-corrected chi connectivity index (χ4v) is 2.34. The minimum Gasteiger partial charge on any atom is -0.306 e. The number of nitrogens with one attached hydrogen (secondary N) is 1. The number of pyridine rings is 1. The molecule has 0 amide bonds. The van der Waals surface area contributed by atoms with Crippen LogP contribution in [-0.2, 0) is 6.54 Å². The molecule has 0 saturated heterocycles. The van der Waals surface area contributed by atoms with E-state index < -0.39 is 0 Å². The summed E-state index contributed by atoms with van der Waals surface area (Å²) in [4.78, 5) is 4.01. The lowest BCUT2D eigenvalue weighted by Crippen LogP contribution is -2.18. The maximum absolute atomic E-state index is 4.01. The van der Waals surface area contributed by atoms with Crippen molar-refractivity contribution in [3.8, 4) is 0 Å². The molecule has 3 heteroatoms. The van der Waals surface area contributed by atoms with Gasteiger partial charge in [-0.25, -0.2) is 0 Å². The summed E-state index contributed by atoms with van der Waals surface area (Å²) in [7, 11) is 0. The summed E-state index contributed by atoms with van der Waals surface area (Å²) in [5.74, 6) is 0. The minimum absolute atomic E-state index is 0.318. The smallest absolute Gasteiger partial charge is 0.0306 e. The molecular formula is C14H15BrN2. The average Bonchev–Trinajstić information content (AvgIpc) is 2.38. The second-order valence-corrected chi connectivity index (χ2v) is 4.83. The molecule has 0 aliphatic carbocycles. The van der Waals surface area contributed by atoms with Crippen molar-refractivity contribution in [2.45, 2.75) is 19.5 Å². The highest BCUT2D eigenvalue weighted by Crippen LogP contribution is 2.22. The maximum Gasteiger partial charge on any atom is 0.0306 e. The van der Waals surface area contributed by atoms with Gasteiger partial charge in [-0.05, 0) is 36.2 Å². The molecule has 1 unspecified atom stereocenters. The van der Waals surface area contributed by atoms with Crippen molar-refractivity contribution in [3.63, 3.8) is 0 Å². The number of nitrogens with zero attached hydrogens (tertiary/aromatic N) is 1. The Hall–Kier alpha value is -1.19. The highest BCUT2D eigenvalue weighted by Gasteiger charge is 2.07. The lowest BCUT2D eigenvalue weighted by Gasteiger charge is -2.15. The first-order chi connectivity index (χ1) is 8.27. The van der Waals surface area contributed by atoms with Crippen LogP contribution in [-0.4, -0.2) is 4.98 Å². The molecule has 0 aliphatic heterocycles. The van der Waals surface area contributed by atoms with E-state index in [0.29, 0.717) is 6.04 Å². The van der Waals surface area contributed by atoms with Gasteiger partial charge in [0.15, 0.2) is 0 Å². The molecule has 1 N–H and O–H groups in total. The first-order valence-electron chi connectivity index (χ1n) is 5.64. The zero-order valence-electron chi connectivity index (χ0n) is 9.73. The normalized spacial score (nSPS) is 12.4. The average molecular weight is 291 g/mol. The SMILES string of the molecule is CC(NCc1ccncc1)c1ccccc1Br. The molecule has 2 nitrogen and oxygen atoms in total. The Bertz CT molecular complexity index is 471.